The Hall–Kier alpha value is -0.510. The van der Waals surface area contributed by atoms with Crippen molar-refractivity contribution in [3.63, 3.8) is 0 Å². The van der Waals surface area contributed by atoms with E-state index in [4.69, 9.17) is 0 Å². The Morgan fingerprint density at radius 1 is 1.33 bits per heavy atom. The number of piperazine rings is 1. The highest BCUT2D eigenvalue weighted by Crippen LogP contribution is 2.40. The molecule has 0 aromatic heterocycles. The van der Waals surface area contributed by atoms with E-state index >= 15 is 0 Å². The Bertz CT molecular complexity index is 490. The molecule has 1 aromatic rings. The number of thioether (sulfide) groups is 1. The minimum atomic E-state index is 0.289. The fourth-order valence-corrected chi connectivity index (χ4v) is 4.88. The summed E-state index contributed by atoms with van der Waals surface area (Å²) in [6, 6.07) is 9.68. The largest absolute Gasteiger partial charge is 0.309 e. The number of fused-ring (bicyclic) bond motifs is 1. The highest BCUT2D eigenvalue weighted by Gasteiger charge is 2.36. The van der Waals surface area contributed by atoms with Crippen molar-refractivity contribution >= 4 is 11.8 Å². The standard InChI is InChI=1S/C18H28N2S/c1-4-15-10-19-18(3,5-2)13-20(15)11-14-12-21-17-9-7-6-8-16(14)17/h6-9,14-15,19H,4-5,10-13H2,1-3H3. The molecule has 2 heterocycles. The van der Waals surface area contributed by atoms with Crippen molar-refractivity contribution in [2.24, 2.45) is 0 Å². The molecule has 3 atom stereocenters. The molecule has 21 heavy (non-hydrogen) atoms. The topological polar surface area (TPSA) is 15.3 Å². The molecule has 0 aliphatic carbocycles. The van der Waals surface area contributed by atoms with E-state index in [2.05, 4.69) is 55.3 Å². The lowest BCUT2D eigenvalue weighted by Crippen LogP contribution is -2.63. The van der Waals surface area contributed by atoms with Crippen LogP contribution in [-0.2, 0) is 0 Å². The van der Waals surface area contributed by atoms with Gasteiger partial charge in [0.1, 0.15) is 0 Å². The summed E-state index contributed by atoms with van der Waals surface area (Å²) in [6.45, 7) is 10.6. The van der Waals surface area contributed by atoms with Gasteiger partial charge in [-0.05, 0) is 31.4 Å². The number of nitrogens with one attached hydrogen (secondary N) is 1. The number of hydrogen-bond acceptors (Lipinski definition) is 3. The van der Waals surface area contributed by atoms with E-state index < -0.39 is 0 Å². The maximum atomic E-state index is 3.77. The van der Waals surface area contributed by atoms with Crippen molar-refractivity contribution in [2.45, 2.75) is 56.0 Å². The number of hydrogen-bond donors (Lipinski definition) is 1. The van der Waals surface area contributed by atoms with E-state index in [1.165, 1.54) is 36.6 Å². The van der Waals surface area contributed by atoms with Crippen LogP contribution in [0.25, 0.3) is 0 Å². The Morgan fingerprint density at radius 2 is 2.14 bits per heavy atom. The molecule has 1 N–H and O–H groups in total. The molecular weight excluding hydrogens is 276 g/mol. The molecule has 0 amide bonds. The lowest BCUT2D eigenvalue weighted by molar-refractivity contribution is 0.0781. The first kappa shape index (κ1) is 15.4. The van der Waals surface area contributed by atoms with Gasteiger partial charge in [-0.25, -0.2) is 0 Å². The average Bonchev–Trinajstić information content (AvgIpc) is 2.91. The van der Waals surface area contributed by atoms with Gasteiger partial charge in [0, 0.05) is 47.8 Å². The molecule has 1 fully saturated rings. The van der Waals surface area contributed by atoms with Gasteiger partial charge in [-0.3, -0.25) is 4.90 Å². The molecule has 1 aromatic carbocycles. The van der Waals surface area contributed by atoms with Crippen molar-refractivity contribution in [3.8, 4) is 0 Å². The second-order valence-electron chi connectivity index (χ2n) is 6.83. The van der Waals surface area contributed by atoms with Crippen LogP contribution in [0.2, 0.25) is 0 Å². The van der Waals surface area contributed by atoms with Crippen LogP contribution in [0.15, 0.2) is 29.2 Å². The first-order valence-electron chi connectivity index (χ1n) is 8.36. The van der Waals surface area contributed by atoms with Crippen LogP contribution >= 0.6 is 11.8 Å². The summed E-state index contributed by atoms with van der Waals surface area (Å²) in [5.74, 6) is 1.96. The van der Waals surface area contributed by atoms with Gasteiger partial charge in [-0.15, -0.1) is 11.8 Å². The Labute approximate surface area is 133 Å². The number of nitrogens with zero attached hydrogens (tertiary/aromatic N) is 1. The van der Waals surface area contributed by atoms with Crippen LogP contribution < -0.4 is 5.32 Å². The summed E-state index contributed by atoms with van der Waals surface area (Å²) < 4.78 is 0. The summed E-state index contributed by atoms with van der Waals surface area (Å²) >= 11 is 2.04. The van der Waals surface area contributed by atoms with E-state index in [-0.39, 0.29) is 5.54 Å². The van der Waals surface area contributed by atoms with E-state index in [9.17, 15) is 0 Å². The SMILES string of the molecule is CCC1CNC(C)(CC)CN1CC1CSc2ccccc21. The lowest BCUT2D eigenvalue weighted by Gasteiger charge is -2.46. The van der Waals surface area contributed by atoms with Crippen molar-refractivity contribution < 1.29 is 0 Å². The van der Waals surface area contributed by atoms with Crippen LogP contribution in [0.1, 0.15) is 45.1 Å². The zero-order valence-electron chi connectivity index (χ0n) is 13.6. The molecule has 2 nitrogen and oxygen atoms in total. The van der Waals surface area contributed by atoms with Gasteiger partial charge in [0.05, 0.1) is 0 Å². The van der Waals surface area contributed by atoms with E-state index in [0.29, 0.717) is 12.0 Å². The summed E-state index contributed by atoms with van der Waals surface area (Å²) in [5.41, 5.74) is 1.87. The summed E-state index contributed by atoms with van der Waals surface area (Å²) in [5, 5.41) is 3.77. The molecule has 0 saturated carbocycles. The van der Waals surface area contributed by atoms with Gasteiger partial charge < -0.3 is 5.32 Å². The molecule has 3 heteroatoms. The molecule has 3 unspecified atom stereocenters. The highest BCUT2D eigenvalue weighted by atomic mass is 32.2. The molecule has 0 bridgehead atoms. The van der Waals surface area contributed by atoms with Crippen LogP contribution in [0, 0.1) is 0 Å². The quantitative estimate of drug-likeness (QED) is 0.912. The van der Waals surface area contributed by atoms with Crippen molar-refractivity contribution in [3.05, 3.63) is 29.8 Å². The van der Waals surface area contributed by atoms with Crippen molar-refractivity contribution in [1.82, 2.24) is 10.2 Å². The van der Waals surface area contributed by atoms with E-state index in [0.717, 1.165) is 6.54 Å². The minimum absolute atomic E-state index is 0.289. The second kappa shape index (κ2) is 6.31. The van der Waals surface area contributed by atoms with Gasteiger partial charge in [0.25, 0.3) is 0 Å². The molecule has 116 valence electrons. The molecular formula is C18H28N2S. The zero-order chi connectivity index (χ0) is 14.9. The predicted octanol–water partition coefficient (Wildman–Crippen LogP) is 3.73. The summed E-state index contributed by atoms with van der Waals surface area (Å²) in [7, 11) is 0. The summed E-state index contributed by atoms with van der Waals surface area (Å²) in [6.07, 6.45) is 2.45. The Morgan fingerprint density at radius 3 is 2.90 bits per heavy atom. The van der Waals surface area contributed by atoms with E-state index in [1.807, 2.05) is 11.8 Å². The van der Waals surface area contributed by atoms with Crippen molar-refractivity contribution in [2.75, 3.05) is 25.4 Å². The molecule has 0 radical (unpaired) electrons. The molecule has 2 aliphatic heterocycles. The third-order valence-corrected chi connectivity index (χ3v) is 6.59. The predicted molar refractivity (Wildman–Crippen MR) is 92.3 cm³/mol. The third kappa shape index (κ3) is 3.15. The first-order chi connectivity index (χ1) is 10.1. The molecule has 3 rings (SSSR count). The number of rotatable bonds is 4. The number of benzene rings is 1. The third-order valence-electron chi connectivity index (χ3n) is 5.34. The smallest absolute Gasteiger partial charge is 0.0278 e. The maximum absolute atomic E-state index is 3.77. The second-order valence-corrected chi connectivity index (χ2v) is 7.89. The first-order valence-corrected chi connectivity index (χ1v) is 9.34. The van der Waals surface area contributed by atoms with Crippen LogP contribution in [0.3, 0.4) is 0 Å². The van der Waals surface area contributed by atoms with Crippen LogP contribution in [-0.4, -0.2) is 41.9 Å². The van der Waals surface area contributed by atoms with Gasteiger partial charge >= 0.3 is 0 Å². The maximum Gasteiger partial charge on any atom is 0.0278 e. The van der Waals surface area contributed by atoms with Crippen molar-refractivity contribution in [1.29, 1.82) is 0 Å². The monoisotopic (exact) mass is 304 g/mol. The molecule has 1 saturated heterocycles. The van der Waals surface area contributed by atoms with Gasteiger partial charge in [-0.2, -0.15) is 0 Å². The van der Waals surface area contributed by atoms with E-state index in [1.54, 1.807) is 5.56 Å². The van der Waals surface area contributed by atoms with Crippen LogP contribution in [0.4, 0.5) is 0 Å². The van der Waals surface area contributed by atoms with Gasteiger partial charge in [0.2, 0.25) is 0 Å². The average molecular weight is 305 g/mol. The Kier molecular flexibility index (Phi) is 4.63. The van der Waals surface area contributed by atoms with Crippen LogP contribution in [0.5, 0.6) is 0 Å². The van der Waals surface area contributed by atoms with Gasteiger partial charge in [0.15, 0.2) is 0 Å². The Balaban J connectivity index is 1.73. The normalized spacial score (nSPS) is 33.1. The fraction of sp³-hybridized carbons (Fsp3) is 0.667. The summed E-state index contributed by atoms with van der Waals surface area (Å²) in [4.78, 5) is 4.26. The molecule has 2 aliphatic rings. The lowest BCUT2D eigenvalue weighted by atomic mass is 9.91. The minimum Gasteiger partial charge on any atom is -0.309 e. The highest BCUT2D eigenvalue weighted by molar-refractivity contribution is 7.99. The molecule has 0 spiro atoms. The zero-order valence-corrected chi connectivity index (χ0v) is 14.4. The van der Waals surface area contributed by atoms with Gasteiger partial charge in [-0.1, -0.05) is 32.0 Å². The fourth-order valence-electron chi connectivity index (χ4n) is 3.64.